The average Bonchev–Trinajstić information content (AvgIpc) is 3.72. The molecule has 0 amide bonds. The normalized spacial score (nSPS) is 29.5. The molecule has 0 aromatic heterocycles. The van der Waals surface area contributed by atoms with Crippen LogP contribution in [-0.4, -0.2) is 52.6 Å². The Morgan fingerprint density at radius 2 is 1.79 bits per heavy atom. The van der Waals surface area contributed by atoms with Crippen molar-refractivity contribution >= 4 is 11.8 Å². The number of hydrogen-bond acceptors (Lipinski definition) is 6. The molecule has 1 saturated heterocycles. The minimum absolute atomic E-state index is 0.00231. The highest BCUT2D eigenvalue weighted by atomic mass is 16.6. The highest BCUT2D eigenvalue weighted by molar-refractivity contribution is 5.90. The van der Waals surface area contributed by atoms with Crippen LogP contribution in [0.2, 0.25) is 0 Å². The van der Waals surface area contributed by atoms with Crippen LogP contribution in [0.25, 0.3) is 0 Å². The van der Waals surface area contributed by atoms with Crippen molar-refractivity contribution in [3.63, 3.8) is 0 Å². The maximum Gasteiger partial charge on any atom is 0.311 e. The predicted octanol–water partition coefficient (Wildman–Crippen LogP) is 6.98. The van der Waals surface area contributed by atoms with Gasteiger partial charge in [-0.15, -0.1) is 0 Å². The van der Waals surface area contributed by atoms with Gasteiger partial charge in [0.2, 0.25) is 0 Å². The van der Waals surface area contributed by atoms with E-state index >= 15 is 0 Å². The first-order valence-electron chi connectivity index (χ1n) is 17.2. The zero-order valence-corrected chi connectivity index (χ0v) is 25.7. The number of Topliss-reactive ketones (excluding diaryl/α,β-unsaturated/α-hetero) is 1. The zero-order valence-electron chi connectivity index (χ0n) is 25.7. The van der Waals surface area contributed by atoms with Crippen LogP contribution in [0, 0.1) is 5.92 Å². The predicted molar refractivity (Wildman–Crippen MR) is 164 cm³/mol. The monoisotopic (exact) mass is 577 g/mol. The van der Waals surface area contributed by atoms with Gasteiger partial charge in [0.25, 0.3) is 0 Å². The van der Waals surface area contributed by atoms with Gasteiger partial charge in [-0.3, -0.25) is 14.5 Å². The van der Waals surface area contributed by atoms with Crippen LogP contribution < -0.4 is 9.47 Å². The molecule has 2 aliphatic heterocycles. The zero-order chi connectivity index (χ0) is 29.2. The fourth-order valence-corrected chi connectivity index (χ4v) is 8.49. The molecule has 0 radical (unpaired) electrons. The van der Waals surface area contributed by atoms with Crippen molar-refractivity contribution in [2.45, 2.75) is 146 Å². The maximum atomic E-state index is 13.3. The second kappa shape index (κ2) is 12.8. The standard InChI is InChI=1S/C36H51NO5/c1-2-3-4-5-6-7-8-9-10-11-12-13-14-15-31(39)41-29-19-18-27-24-30-36(40)21-20-28(38)34-35(36,32(27)33(29)42-34)22-23-37(30)25-26-16-17-26/h10-11,18-19,26,30,34,40H,2-9,12-17,20-25H2,1H3/b11-10-/t30?,34-,35-,36+/m0/s1. The second-order valence-electron chi connectivity index (χ2n) is 13.8. The lowest BCUT2D eigenvalue weighted by Gasteiger charge is -2.62. The number of unbranched alkanes of at least 4 members (excludes halogenated alkanes) is 9. The number of piperidine rings is 1. The topological polar surface area (TPSA) is 76.1 Å². The summed E-state index contributed by atoms with van der Waals surface area (Å²) in [4.78, 5) is 28.6. The largest absolute Gasteiger partial charge is 0.477 e. The number of benzene rings is 1. The Balaban J connectivity index is 1.03. The molecule has 230 valence electrons. The van der Waals surface area contributed by atoms with E-state index in [0.29, 0.717) is 37.2 Å². The minimum atomic E-state index is -0.998. The highest BCUT2D eigenvalue weighted by Crippen LogP contribution is 2.65. The van der Waals surface area contributed by atoms with Crippen LogP contribution in [0.3, 0.4) is 0 Å². The number of nitrogens with zero attached hydrogens (tertiary/aromatic N) is 1. The van der Waals surface area contributed by atoms with E-state index in [1.807, 2.05) is 6.07 Å². The van der Waals surface area contributed by atoms with Crippen LogP contribution in [0.4, 0.5) is 0 Å². The third-order valence-electron chi connectivity index (χ3n) is 10.9. The average molecular weight is 578 g/mol. The van der Waals surface area contributed by atoms with Gasteiger partial charge < -0.3 is 14.6 Å². The molecule has 5 aliphatic rings. The number of aliphatic hydroxyl groups is 1. The highest BCUT2D eigenvalue weighted by Gasteiger charge is 2.73. The summed E-state index contributed by atoms with van der Waals surface area (Å²) in [5.74, 6) is 1.49. The summed E-state index contributed by atoms with van der Waals surface area (Å²) in [5, 5.41) is 12.4. The number of rotatable bonds is 16. The summed E-state index contributed by atoms with van der Waals surface area (Å²) in [5.41, 5.74) is 0.351. The summed E-state index contributed by atoms with van der Waals surface area (Å²) < 4.78 is 12.3. The number of carbonyl (C=O) groups excluding carboxylic acids is 2. The molecule has 1 aromatic rings. The molecule has 6 nitrogen and oxygen atoms in total. The van der Waals surface area contributed by atoms with Crippen molar-refractivity contribution in [3.8, 4) is 11.5 Å². The SMILES string of the molecule is CCCCCCCCC/C=C\CCCCC(=O)Oc1ccc2c3c1O[C@H]1C(=O)CC[C@@]4(O)C(C2)N(CC2CC2)CC[C@]314. The molecule has 1 unspecified atom stereocenters. The van der Waals surface area contributed by atoms with Crippen molar-refractivity contribution in [2.24, 2.45) is 5.92 Å². The molecule has 2 saturated carbocycles. The van der Waals surface area contributed by atoms with Crippen molar-refractivity contribution in [1.29, 1.82) is 0 Å². The molecular weight excluding hydrogens is 526 g/mol. The lowest BCUT2D eigenvalue weighted by Crippen LogP contribution is -2.76. The maximum absolute atomic E-state index is 13.3. The number of ether oxygens (including phenoxy) is 2. The second-order valence-corrected chi connectivity index (χ2v) is 13.8. The number of allylic oxidation sites excluding steroid dienone is 2. The third-order valence-corrected chi connectivity index (χ3v) is 10.9. The van der Waals surface area contributed by atoms with Gasteiger partial charge in [0.1, 0.15) is 0 Å². The number of carbonyl (C=O) groups is 2. The van der Waals surface area contributed by atoms with Crippen LogP contribution in [0.5, 0.6) is 11.5 Å². The molecule has 2 heterocycles. The molecule has 3 aliphatic carbocycles. The van der Waals surface area contributed by atoms with Gasteiger partial charge in [0, 0.05) is 31.0 Å². The molecular formula is C36H51NO5. The van der Waals surface area contributed by atoms with Crippen LogP contribution >= 0.6 is 0 Å². The Morgan fingerprint density at radius 3 is 2.55 bits per heavy atom. The van der Waals surface area contributed by atoms with E-state index in [4.69, 9.17) is 9.47 Å². The molecule has 2 bridgehead atoms. The van der Waals surface area contributed by atoms with Gasteiger partial charge in [-0.05, 0) is 88.3 Å². The van der Waals surface area contributed by atoms with Crippen LogP contribution in [0.15, 0.2) is 24.3 Å². The van der Waals surface area contributed by atoms with E-state index in [0.717, 1.165) is 62.2 Å². The smallest absolute Gasteiger partial charge is 0.311 e. The van der Waals surface area contributed by atoms with Gasteiger partial charge >= 0.3 is 5.97 Å². The Hall–Kier alpha value is -2.18. The van der Waals surface area contributed by atoms with Gasteiger partial charge in [0.05, 0.1) is 11.0 Å². The third kappa shape index (κ3) is 5.58. The fourth-order valence-electron chi connectivity index (χ4n) is 8.49. The molecule has 6 heteroatoms. The molecule has 1 spiro atoms. The lowest BCUT2D eigenvalue weighted by molar-refractivity contribution is -0.188. The molecule has 3 fully saturated rings. The number of likely N-dealkylation sites (tertiary alicyclic amines) is 1. The van der Waals surface area contributed by atoms with Crippen LogP contribution in [0.1, 0.15) is 127 Å². The molecule has 4 atom stereocenters. The molecule has 6 rings (SSSR count). The van der Waals surface area contributed by atoms with E-state index in [2.05, 4.69) is 30.0 Å². The Labute approximate surface area is 252 Å². The van der Waals surface area contributed by atoms with E-state index in [-0.39, 0.29) is 17.8 Å². The van der Waals surface area contributed by atoms with Crippen molar-refractivity contribution < 1.29 is 24.2 Å². The summed E-state index contributed by atoms with van der Waals surface area (Å²) in [6.07, 6.45) is 22.3. The Morgan fingerprint density at radius 1 is 1.05 bits per heavy atom. The summed E-state index contributed by atoms with van der Waals surface area (Å²) >= 11 is 0. The first-order chi connectivity index (χ1) is 20.5. The molecule has 42 heavy (non-hydrogen) atoms. The summed E-state index contributed by atoms with van der Waals surface area (Å²) in [6, 6.07) is 3.90. The number of esters is 1. The van der Waals surface area contributed by atoms with E-state index in [1.165, 1.54) is 57.8 Å². The first kappa shape index (κ1) is 29.9. The Kier molecular flexibility index (Phi) is 9.12. The number of hydrogen-bond donors (Lipinski definition) is 1. The van der Waals surface area contributed by atoms with Crippen molar-refractivity contribution in [3.05, 3.63) is 35.4 Å². The van der Waals surface area contributed by atoms with E-state index in [9.17, 15) is 14.7 Å². The van der Waals surface area contributed by atoms with Gasteiger partial charge in [0.15, 0.2) is 23.4 Å². The fraction of sp³-hybridized carbons (Fsp3) is 0.722. The quantitative estimate of drug-likeness (QED) is 0.0989. The first-order valence-corrected chi connectivity index (χ1v) is 17.2. The van der Waals surface area contributed by atoms with Gasteiger partial charge in [-0.1, -0.05) is 63.7 Å². The Bertz CT molecular complexity index is 1170. The minimum Gasteiger partial charge on any atom is -0.477 e. The van der Waals surface area contributed by atoms with Crippen molar-refractivity contribution in [1.82, 2.24) is 4.90 Å². The number of ketones is 1. The lowest BCUT2D eigenvalue weighted by atomic mass is 9.49. The van der Waals surface area contributed by atoms with Gasteiger partial charge in [-0.25, -0.2) is 0 Å². The summed E-state index contributed by atoms with van der Waals surface area (Å²) in [7, 11) is 0. The van der Waals surface area contributed by atoms with E-state index in [1.54, 1.807) is 0 Å². The van der Waals surface area contributed by atoms with Gasteiger partial charge in [-0.2, -0.15) is 0 Å². The molecule has 1 aromatic carbocycles. The van der Waals surface area contributed by atoms with E-state index < -0.39 is 17.1 Å². The van der Waals surface area contributed by atoms with Crippen molar-refractivity contribution in [2.75, 3.05) is 13.1 Å². The molecule has 1 N–H and O–H groups in total. The van der Waals surface area contributed by atoms with Crippen LogP contribution in [-0.2, 0) is 21.4 Å². The summed E-state index contributed by atoms with van der Waals surface area (Å²) in [6.45, 7) is 4.16.